The molecule has 1 fully saturated rings. The first-order valence-electron chi connectivity index (χ1n) is 7.84. The predicted molar refractivity (Wildman–Crippen MR) is 90.0 cm³/mol. The van der Waals surface area contributed by atoms with Crippen LogP contribution in [-0.2, 0) is 6.42 Å². The van der Waals surface area contributed by atoms with Crippen molar-refractivity contribution in [3.8, 4) is 0 Å². The first-order chi connectivity index (χ1) is 9.74. The first-order valence-corrected chi connectivity index (χ1v) is 7.84. The highest BCUT2D eigenvalue weighted by atomic mass is 35.5. The maximum atomic E-state index is 12.3. The van der Waals surface area contributed by atoms with Crippen molar-refractivity contribution in [1.29, 1.82) is 0 Å². The minimum atomic E-state index is 0. The summed E-state index contributed by atoms with van der Waals surface area (Å²) in [6.45, 7) is 2.83. The maximum absolute atomic E-state index is 12.3. The average Bonchev–Trinajstić information content (AvgIpc) is 2.49. The van der Waals surface area contributed by atoms with E-state index in [-0.39, 0.29) is 24.4 Å². The van der Waals surface area contributed by atoms with E-state index in [0.29, 0.717) is 12.5 Å². The predicted octanol–water partition coefficient (Wildman–Crippen LogP) is 3.31. The highest BCUT2D eigenvalue weighted by Gasteiger charge is 2.25. The van der Waals surface area contributed by atoms with Gasteiger partial charge in [-0.3, -0.25) is 4.79 Å². The molecule has 0 aromatic heterocycles. The summed E-state index contributed by atoms with van der Waals surface area (Å²) in [4.78, 5) is 12.3. The van der Waals surface area contributed by atoms with E-state index in [1.807, 2.05) is 12.1 Å². The molecule has 4 heteroatoms. The Balaban J connectivity index is 0.00000220. The van der Waals surface area contributed by atoms with E-state index in [0.717, 1.165) is 31.2 Å². The van der Waals surface area contributed by atoms with E-state index in [1.54, 1.807) is 0 Å². The van der Waals surface area contributed by atoms with Crippen LogP contribution in [0.5, 0.6) is 0 Å². The van der Waals surface area contributed by atoms with Gasteiger partial charge in [0.05, 0.1) is 0 Å². The van der Waals surface area contributed by atoms with Crippen molar-refractivity contribution in [2.75, 3.05) is 6.54 Å². The fourth-order valence-corrected chi connectivity index (χ4v) is 3.04. The van der Waals surface area contributed by atoms with E-state index < -0.39 is 0 Å². The quantitative estimate of drug-likeness (QED) is 0.876. The summed E-state index contributed by atoms with van der Waals surface area (Å²) in [5.74, 6) is 0.477. The van der Waals surface area contributed by atoms with E-state index >= 15 is 0 Å². The minimum Gasteiger partial charge on any atom is -0.349 e. The maximum Gasteiger partial charge on any atom is 0.251 e. The molecule has 2 atom stereocenters. The molecule has 1 saturated carbocycles. The summed E-state index contributed by atoms with van der Waals surface area (Å²) in [6.07, 6.45) is 6.82. The third-order valence-electron chi connectivity index (χ3n) is 4.28. The molecule has 3 nitrogen and oxygen atoms in total. The molecule has 0 radical (unpaired) electrons. The first kappa shape index (κ1) is 18.0. The van der Waals surface area contributed by atoms with Crippen molar-refractivity contribution in [2.45, 2.75) is 51.5 Å². The van der Waals surface area contributed by atoms with Gasteiger partial charge in [0.2, 0.25) is 0 Å². The Bertz CT molecular complexity index is 433. The standard InChI is InChI=1S/C17H26N2O.ClH/c1-2-5-13-8-10-14(11-9-13)17(20)19-16-7-4-3-6-15(16)12-18;/h8-11,15-16H,2-7,12,18H2,1H3,(H,19,20);1H. The number of carbonyl (C=O) groups is 1. The van der Waals surface area contributed by atoms with Crippen LogP contribution in [0.3, 0.4) is 0 Å². The van der Waals surface area contributed by atoms with Crippen molar-refractivity contribution < 1.29 is 4.79 Å². The lowest BCUT2D eigenvalue weighted by Crippen LogP contribution is -2.44. The molecule has 21 heavy (non-hydrogen) atoms. The lowest BCUT2D eigenvalue weighted by Gasteiger charge is -2.31. The number of hydrogen-bond acceptors (Lipinski definition) is 2. The molecular formula is C17H27ClN2O. The molecule has 0 saturated heterocycles. The molecule has 1 aliphatic carbocycles. The summed E-state index contributed by atoms with van der Waals surface area (Å²) in [6, 6.07) is 8.22. The summed E-state index contributed by atoms with van der Waals surface area (Å²) in [5, 5.41) is 3.17. The van der Waals surface area contributed by atoms with Crippen molar-refractivity contribution in [3.05, 3.63) is 35.4 Å². The number of carbonyl (C=O) groups excluding carboxylic acids is 1. The molecule has 0 spiro atoms. The molecule has 0 aliphatic heterocycles. The Morgan fingerprint density at radius 2 is 1.90 bits per heavy atom. The monoisotopic (exact) mass is 310 g/mol. The Kier molecular flexibility index (Phi) is 7.76. The molecular weight excluding hydrogens is 284 g/mol. The molecule has 2 unspecified atom stereocenters. The van der Waals surface area contributed by atoms with Gasteiger partial charge >= 0.3 is 0 Å². The largest absolute Gasteiger partial charge is 0.349 e. The Morgan fingerprint density at radius 3 is 2.52 bits per heavy atom. The highest BCUT2D eigenvalue weighted by Crippen LogP contribution is 2.23. The van der Waals surface area contributed by atoms with Crippen LogP contribution in [0.4, 0.5) is 0 Å². The molecule has 118 valence electrons. The number of aryl methyl sites for hydroxylation is 1. The van der Waals surface area contributed by atoms with Crippen LogP contribution in [0.2, 0.25) is 0 Å². The number of amides is 1. The van der Waals surface area contributed by atoms with E-state index in [1.165, 1.54) is 18.4 Å². The van der Waals surface area contributed by atoms with Crippen LogP contribution >= 0.6 is 12.4 Å². The molecule has 0 bridgehead atoms. The van der Waals surface area contributed by atoms with Gasteiger partial charge in [-0.2, -0.15) is 0 Å². The Morgan fingerprint density at radius 1 is 1.24 bits per heavy atom. The van der Waals surface area contributed by atoms with Gasteiger partial charge in [0, 0.05) is 11.6 Å². The summed E-state index contributed by atoms with van der Waals surface area (Å²) >= 11 is 0. The number of benzene rings is 1. The molecule has 1 amide bonds. The van der Waals surface area contributed by atoms with Gasteiger partial charge in [-0.25, -0.2) is 0 Å². The topological polar surface area (TPSA) is 55.1 Å². The van der Waals surface area contributed by atoms with Crippen molar-refractivity contribution in [2.24, 2.45) is 11.7 Å². The average molecular weight is 311 g/mol. The van der Waals surface area contributed by atoms with Gasteiger partial charge in [0.1, 0.15) is 0 Å². The number of hydrogen-bond donors (Lipinski definition) is 2. The number of halogens is 1. The lowest BCUT2D eigenvalue weighted by molar-refractivity contribution is 0.0908. The second kappa shape index (κ2) is 9.06. The van der Waals surface area contributed by atoms with Gasteiger partial charge in [-0.1, -0.05) is 38.3 Å². The van der Waals surface area contributed by atoms with Crippen LogP contribution in [0.25, 0.3) is 0 Å². The zero-order valence-corrected chi connectivity index (χ0v) is 13.6. The van der Waals surface area contributed by atoms with E-state index in [9.17, 15) is 4.79 Å². The third kappa shape index (κ3) is 5.01. The molecule has 3 N–H and O–H groups in total. The molecule has 0 heterocycles. The van der Waals surface area contributed by atoms with E-state index in [4.69, 9.17) is 5.73 Å². The van der Waals surface area contributed by atoms with Crippen LogP contribution in [0.15, 0.2) is 24.3 Å². The van der Waals surface area contributed by atoms with Crippen LogP contribution in [0, 0.1) is 5.92 Å². The minimum absolute atomic E-state index is 0. The fourth-order valence-electron chi connectivity index (χ4n) is 3.04. The van der Waals surface area contributed by atoms with Gasteiger partial charge in [0.15, 0.2) is 0 Å². The zero-order valence-electron chi connectivity index (χ0n) is 12.8. The van der Waals surface area contributed by atoms with Gasteiger partial charge in [0.25, 0.3) is 5.91 Å². The van der Waals surface area contributed by atoms with Crippen LogP contribution < -0.4 is 11.1 Å². The normalized spacial score (nSPS) is 21.4. The molecule has 1 aliphatic rings. The van der Waals surface area contributed by atoms with Crippen molar-refractivity contribution in [1.82, 2.24) is 5.32 Å². The number of nitrogens with one attached hydrogen (secondary N) is 1. The molecule has 1 aromatic carbocycles. The second-order valence-electron chi connectivity index (χ2n) is 5.81. The third-order valence-corrected chi connectivity index (χ3v) is 4.28. The fraction of sp³-hybridized carbons (Fsp3) is 0.588. The summed E-state index contributed by atoms with van der Waals surface area (Å²) < 4.78 is 0. The number of rotatable bonds is 5. The zero-order chi connectivity index (χ0) is 14.4. The van der Waals surface area contributed by atoms with Crippen molar-refractivity contribution >= 4 is 18.3 Å². The van der Waals surface area contributed by atoms with Crippen LogP contribution in [0.1, 0.15) is 54.9 Å². The molecule has 2 rings (SSSR count). The second-order valence-corrected chi connectivity index (χ2v) is 5.81. The van der Waals surface area contributed by atoms with Gasteiger partial charge in [-0.15, -0.1) is 12.4 Å². The highest BCUT2D eigenvalue weighted by molar-refractivity contribution is 5.94. The SMILES string of the molecule is CCCc1ccc(C(=O)NC2CCCCC2CN)cc1.Cl. The molecule has 1 aromatic rings. The summed E-state index contributed by atoms with van der Waals surface area (Å²) in [5.41, 5.74) is 7.86. The summed E-state index contributed by atoms with van der Waals surface area (Å²) in [7, 11) is 0. The number of nitrogens with two attached hydrogens (primary N) is 1. The Hall–Kier alpha value is -1.06. The smallest absolute Gasteiger partial charge is 0.251 e. The van der Waals surface area contributed by atoms with Gasteiger partial charge in [-0.05, 0) is 49.4 Å². The van der Waals surface area contributed by atoms with Crippen LogP contribution in [-0.4, -0.2) is 18.5 Å². The van der Waals surface area contributed by atoms with E-state index in [2.05, 4.69) is 24.4 Å². The lowest BCUT2D eigenvalue weighted by atomic mass is 9.84. The Labute approximate surface area is 134 Å². The van der Waals surface area contributed by atoms with Gasteiger partial charge < -0.3 is 11.1 Å². The van der Waals surface area contributed by atoms with Crippen molar-refractivity contribution in [3.63, 3.8) is 0 Å².